The minimum atomic E-state index is 0.273. The summed E-state index contributed by atoms with van der Waals surface area (Å²) in [6.07, 6.45) is 4.12. The Hall–Kier alpha value is -1.40. The second-order valence-corrected chi connectivity index (χ2v) is 9.20. The van der Waals surface area contributed by atoms with Gasteiger partial charge in [0, 0.05) is 49.6 Å². The lowest BCUT2D eigenvalue weighted by Crippen LogP contribution is -2.52. The summed E-state index contributed by atoms with van der Waals surface area (Å²) in [5.41, 5.74) is 2.47. The van der Waals surface area contributed by atoms with Crippen molar-refractivity contribution < 1.29 is 0 Å². The first-order chi connectivity index (χ1) is 13.7. The van der Waals surface area contributed by atoms with E-state index in [1.54, 1.807) is 11.8 Å². The van der Waals surface area contributed by atoms with Gasteiger partial charge in [-0.25, -0.2) is 9.97 Å². The number of hydrogen-bond donors (Lipinski definition) is 1. The Morgan fingerprint density at radius 3 is 2.82 bits per heavy atom. The lowest BCUT2D eigenvalue weighted by Gasteiger charge is -2.40. The predicted molar refractivity (Wildman–Crippen MR) is 113 cm³/mol. The Bertz CT molecular complexity index is 734. The molecule has 0 unspecified atom stereocenters. The van der Waals surface area contributed by atoms with Crippen LogP contribution in [0.1, 0.15) is 30.5 Å². The molecule has 0 radical (unpaired) electrons. The summed E-state index contributed by atoms with van der Waals surface area (Å²) in [5, 5.41) is 13.6. The molecule has 3 aliphatic heterocycles. The number of hydrogen-bond acceptors (Lipinski definition) is 8. The van der Waals surface area contributed by atoms with Gasteiger partial charge in [0.25, 0.3) is 0 Å². The van der Waals surface area contributed by atoms with E-state index >= 15 is 0 Å². The van der Waals surface area contributed by atoms with Crippen LogP contribution in [0.25, 0.3) is 0 Å². The van der Waals surface area contributed by atoms with Gasteiger partial charge in [-0.2, -0.15) is 5.26 Å². The fourth-order valence-electron chi connectivity index (χ4n) is 4.47. The highest BCUT2D eigenvalue weighted by molar-refractivity contribution is 7.99. The molecule has 152 valence electrons. The van der Waals surface area contributed by atoms with E-state index in [4.69, 9.17) is 9.97 Å². The molecule has 4 heterocycles. The molecule has 1 N–H and O–H groups in total. The smallest absolute Gasteiger partial charge is 0.189 e. The van der Waals surface area contributed by atoms with Crippen molar-refractivity contribution in [3.05, 3.63) is 11.3 Å². The fraction of sp³-hybridized carbons (Fsp3) is 0.750. The molecule has 3 aliphatic rings. The number of fused-ring (bicyclic) bond motifs is 1. The van der Waals surface area contributed by atoms with Crippen LogP contribution in [0.3, 0.4) is 0 Å². The first kappa shape index (κ1) is 19.9. The number of likely N-dealkylation sites (tertiary alicyclic amines) is 1. The van der Waals surface area contributed by atoms with E-state index in [0.29, 0.717) is 12.5 Å². The molecule has 1 aromatic rings. The summed E-state index contributed by atoms with van der Waals surface area (Å²) in [7, 11) is 4.35. The summed E-state index contributed by atoms with van der Waals surface area (Å²) >= 11 is 1.80. The standard InChI is InChI=1S/C20H31N7S/c1-25-9-3-4-16(25)14-28-20-23-18-12-22-8-6-17(18)19(24-20)27-11-10-26(2)15(13-27)5-7-21/h15-16,22H,3-6,8-14H2,1-2H3/t15-,16-/m0/s1. The van der Waals surface area contributed by atoms with Crippen LogP contribution in [0, 0.1) is 11.3 Å². The molecule has 4 rings (SSSR count). The van der Waals surface area contributed by atoms with Crippen molar-refractivity contribution in [2.24, 2.45) is 0 Å². The van der Waals surface area contributed by atoms with Gasteiger partial charge in [0.1, 0.15) is 5.82 Å². The third-order valence-electron chi connectivity index (χ3n) is 6.37. The average molecular weight is 402 g/mol. The second kappa shape index (κ2) is 8.95. The van der Waals surface area contributed by atoms with Gasteiger partial charge in [0.2, 0.25) is 0 Å². The first-order valence-electron chi connectivity index (χ1n) is 10.4. The lowest BCUT2D eigenvalue weighted by atomic mass is 10.0. The quantitative estimate of drug-likeness (QED) is 0.586. The van der Waals surface area contributed by atoms with Crippen molar-refractivity contribution in [1.82, 2.24) is 25.1 Å². The van der Waals surface area contributed by atoms with E-state index < -0.39 is 0 Å². The van der Waals surface area contributed by atoms with Crippen LogP contribution >= 0.6 is 11.8 Å². The number of nitriles is 1. The fourth-order valence-corrected chi connectivity index (χ4v) is 5.56. The summed E-state index contributed by atoms with van der Waals surface area (Å²) in [5.74, 6) is 2.17. The molecule has 0 amide bonds. The number of likely N-dealkylation sites (N-methyl/N-ethyl adjacent to an activating group) is 1. The highest BCUT2D eigenvalue weighted by Crippen LogP contribution is 2.30. The maximum atomic E-state index is 9.19. The Labute approximate surface area is 172 Å². The van der Waals surface area contributed by atoms with Gasteiger partial charge in [-0.15, -0.1) is 0 Å². The number of thioether (sulfide) groups is 1. The monoisotopic (exact) mass is 401 g/mol. The summed E-state index contributed by atoms with van der Waals surface area (Å²) in [6.45, 7) is 5.82. The van der Waals surface area contributed by atoms with Crippen molar-refractivity contribution in [2.45, 2.75) is 49.5 Å². The molecule has 0 aliphatic carbocycles. The van der Waals surface area contributed by atoms with Gasteiger partial charge in [-0.1, -0.05) is 11.8 Å². The third kappa shape index (κ3) is 4.28. The van der Waals surface area contributed by atoms with E-state index in [1.807, 2.05) is 0 Å². The number of nitrogens with zero attached hydrogens (tertiary/aromatic N) is 6. The van der Waals surface area contributed by atoms with Crippen molar-refractivity contribution >= 4 is 17.6 Å². The Balaban J connectivity index is 1.56. The molecule has 8 heteroatoms. The molecular formula is C20H31N7S. The van der Waals surface area contributed by atoms with Crippen molar-refractivity contribution in [2.75, 3.05) is 57.5 Å². The maximum absolute atomic E-state index is 9.19. The predicted octanol–water partition coefficient (Wildman–Crippen LogP) is 1.34. The molecule has 0 spiro atoms. The number of piperazine rings is 1. The van der Waals surface area contributed by atoms with E-state index in [9.17, 15) is 5.26 Å². The molecule has 2 atom stereocenters. The Morgan fingerprint density at radius 2 is 2.04 bits per heavy atom. The topological polar surface area (TPSA) is 71.3 Å². The zero-order valence-corrected chi connectivity index (χ0v) is 17.8. The SMILES string of the molecule is CN1CCC[C@H]1CSc1nc2c(c(N3CCN(C)[C@@H](CC#N)C3)n1)CCNC2. The number of nitrogens with one attached hydrogen (secondary N) is 1. The molecule has 2 saturated heterocycles. The average Bonchev–Trinajstić information content (AvgIpc) is 3.12. The maximum Gasteiger partial charge on any atom is 0.189 e. The summed E-state index contributed by atoms with van der Waals surface area (Å²) in [6, 6.07) is 3.26. The molecule has 28 heavy (non-hydrogen) atoms. The third-order valence-corrected chi connectivity index (χ3v) is 7.37. The van der Waals surface area contributed by atoms with Crippen LogP contribution in [0.4, 0.5) is 5.82 Å². The summed E-state index contributed by atoms with van der Waals surface area (Å²) in [4.78, 5) is 17.1. The number of anilines is 1. The van der Waals surface area contributed by atoms with Crippen LogP contribution in [0.15, 0.2) is 5.16 Å². The molecular weight excluding hydrogens is 370 g/mol. The van der Waals surface area contributed by atoms with Crippen molar-refractivity contribution in [3.63, 3.8) is 0 Å². The minimum Gasteiger partial charge on any atom is -0.353 e. The molecule has 0 aromatic carbocycles. The molecule has 0 bridgehead atoms. The van der Waals surface area contributed by atoms with E-state index in [0.717, 1.165) is 61.6 Å². The number of aromatic nitrogens is 2. The highest BCUT2D eigenvalue weighted by Gasteiger charge is 2.29. The normalized spacial score (nSPS) is 26.2. The van der Waals surface area contributed by atoms with Gasteiger partial charge < -0.3 is 15.1 Å². The largest absolute Gasteiger partial charge is 0.353 e. The van der Waals surface area contributed by atoms with Gasteiger partial charge in [-0.3, -0.25) is 4.90 Å². The number of rotatable bonds is 5. The van der Waals surface area contributed by atoms with Crippen LogP contribution in [0.2, 0.25) is 0 Å². The minimum absolute atomic E-state index is 0.273. The Kier molecular flexibility index (Phi) is 6.36. The van der Waals surface area contributed by atoms with Gasteiger partial charge in [-0.05, 0) is 46.4 Å². The lowest BCUT2D eigenvalue weighted by molar-refractivity contribution is 0.220. The van der Waals surface area contributed by atoms with Crippen LogP contribution in [0.5, 0.6) is 0 Å². The van der Waals surface area contributed by atoms with Crippen LogP contribution in [-0.2, 0) is 13.0 Å². The second-order valence-electron chi connectivity index (χ2n) is 8.21. The molecule has 0 saturated carbocycles. The van der Waals surface area contributed by atoms with Gasteiger partial charge >= 0.3 is 0 Å². The van der Waals surface area contributed by atoms with E-state index in [1.165, 1.54) is 24.9 Å². The van der Waals surface area contributed by atoms with Gasteiger partial charge in [0.15, 0.2) is 5.16 Å². The molecule has 1 aromatic heterocycles. The summed E-state index contributed by atoms with van der Waals surface area (Å²) < 4.78 is 0. The zero-order valence-electron chi connectivity index (χ0n) is 17.0. The van der Waals surface area contributed by atoms with Crippen molar-refractivity contribution in [1.29, 1.82) is 5.26 Å². The first-order valence-corrected chi connectivity index (χ1v) is 11.4. The molecule has 7 nitrogen and oxygen atoms in total. The van der Waals surface area contributed by atoms with Crippen LogP contribution in [-0.4, -0.2) is 84.4 Å². The molecule has 2 fully saturated rings. The van der Waals surface area contributed by atoms with Crippen molar-refractivity contribution in [3.8, 4) is 6.07 Å². The Morgan fingerprint density at radius 1 is 1.18 bits per heavy atom. The highest BCUT2D eigenvalue weighted by atomic mass is 32.2. The van der Waals surface area contributed by atoms with E-state index in [-0.39, 0.29) is 6.04 Å². The van der Waals surface area contributed by atoms with Gasteiger partial charge in [0.05, 0.1) is 18.2 Å². The zero-order chi connectivity index (χ0) is 19.5. The van der Waals surface area contributed by atoms with E-state index in [2.05, 4.69) is 40.2 Å². The van der Waals surface area contributed by atoms with Crippen LogP contribution < -0.4 is 10.2 Å².